The van der Waals surface area contributed by atoms with Crippen molar-refractivity contribution in [1.29, 1.82) is 0 Å². The van der Waals surface area contributed by atoms with Crippen molar-refractivity contribution in [3.63, 3.8) is 0 Å². The van der Waals surface area contributed by atoms with Crippen LogP contribution in [-0.2, 0) is 33.3 Å². The summed E-state index contributed by atoms with van der Waals surface area (Å²) in [6.07, 6.45) is 98.9. The van der Waals surface area contributed by atoms with E-state index in [1.54, 1.807) is 0 Å². The third-order valence-electron chi connectivity index (χ3n) is 14.8. The van der Waals surface area contributed by atoms with Gasteiger partial charge < -0.3 is 33.3 Å². The number of aliphatic carboxylic acids is 1. The molecule has 0 aliphatic rings. The SMILES string of the molecule is CC/C=C\C/C=C\C/C=C\C/C=C\C/C=C\C/C=C\C/C=C\CCCCCCCCCCCCCCCCCCCC(=O)OC(COC(=O)CCCCCCCC/C=C\C/C=C\C/C=C\C/C=C\C/C=C\C/C=C\CC)COC(OCC[N+](C)(C)C)C(=O)[O-]. The number of esters is 2. The molecule has 9 heteroatoms. The molecule has 0 aliphatic carbocycles. The average Bonchev–Trinajstić information content (AvgIpc) is 3.64. The molecule has 0 aliphatic heterocycles. The van der Waals surface area contributed by atoms with Gasteiger partial charge in [0.2, 0.25) is 0 Å². The molecule has 0 heterocycles. The number of rotatable bonds is 64. The monoisotopic (exact) mass is 1230 g/mol. The van der Waals surface area contributed by atoms with Gasteiger partial charge in [-0.3, -0.25) is 9.59 Å². The van der Waals surface area contributed by atoms with Gasteiger partial charge in [0.1, 0.15) is 13.2 Å². The van der Waals surface area contributed by atoms with Crippen LogP contribution in [0.1, 0.15) is 271 Å². The minimum absolute atomic E-state index is 0.138. The van der Waals surface area contributed by atoms with E-state index in [-0.39, 0.29) is 38.6 Å². The summed E-state index contributed by atoms with van der Waals surface area (Å²) in [5, 5.41) is 11.8. The molecule has 0 radical (unpaired) electrons. The van der Waals surface area contributed by atoms with Crippen molar-refractivity contribution in [1.82, 2.24) is 0 Å². The lowest BCUT2D eigenvalue weighted by molar-refractivity contribution is -0.870. The molecule has 0 fully saturated rings. The molecule has 0 saturated heterocycles. The zero-order valence-corrected chi connectivity index (χ0v) is 57.5. The van der Waals surface area contributed by atoms with E-state index in [9.17, 15) is 19.5 Å². The van der Waals surface area contributed by atoms with E-state index in [4.69, 9.17) is 18.9 Å². The van der Waals surface area contributed by atoms with Crippen molar-refractivity contribution in [2.75, 3.05) is 47.5 Å². The number of carbonyl (C=O) groups is 3. The van der Waals surface area contributed by atoms with Crippen molar-refractivity contribution in [3.8, 4) is 0 Å². The second kappa shape index (κ2) is 68.8. The lowest BCUT2D eigenvalue weighted by Gasteiger charge is -2.26. The van der Waals surface area contributed by atoms with E-state index < -0.39 is 24.3 Å². The van der Waals surface area contributed by atoms with Crippen LogP contribution in [0.5, 0.6) is 0 Å². The van der Waals surface area contributed by atoms with Crippen molar-refractivity contribution in [2.24, 2.45) is 0 Å². The van der Waals surface area contributed by atoms with Crippen LogP contribution in [0, 0.1) is 0 Å². The molecule has 2 unspecified atom stereocenters. The third-order valence-corrected chi connectivity index (χ3v) is 14.8. The van der Waals surface area contributed by atoms with Crippen LogP contribution in [0.15, 0.2) is 158 Å². The van der Waals surface area contributed by atoms with Crippen molar-refractivity contribution >= 4 is 17.9 Å². The van der Waals surface area contributed by atoms with Gasteiger partial charge in [0.15, 0.2) is 12.4 Å². The highest BCUT2D eigenvalue weighted by Crippen LogP contribution is 2.17. The number of nitrogens with zero attached hydrogens (tertiary/aromatic N) is 1. The lowest BCUT2D eigenvalue weighted by atomic mass is 10.0. The summed E-state index contributed by atoms with van der Waals surface area (Å²) in [6, 6.07) is 0. The maximum Gasteiger partial charge on any atom is 0.306 e. The molecule has 0 aromatic heterocycles. The molecular weight excluding hydrogens is 1100 g/mol. The first kappa shape index (κ1) is 83.9. The second-order valence-corrected chi connectivity index (χ2v) is 24.4. The highest BCUT2D eigenvalue weighted by molar-refractivity contribution is 5.70. The number of quaternary nitrogens is 1. The molecular formula is C80H131NO8. The average molecular weight is 1230 g/mol. The smallest absolute Gasteiger partial charge is 0.306 e. The topological polar surface area (TPSA) is 111 Å². The van der Waals surface area contributed by atoms with Crippen molar-refractivity contribution < 1.29 is 42.9 Å². The van der Waals surface area contributed by atoms with E-state index in [0.29, 0.717) is 23.9 Å². The summed E-state index contributed by atoms with van der Waals surface area (Å²) in [7, 11) is 5.92. The Morgan fingerprint density at radius 1 is 0.337 bits per heavy atom. The minimum atomic E-state index is -1.63. The zero-order valence-electron chi connectivity index (χ0n) is 57.5. The van der Waals surface area contributed by atoms with Crippen LogP contribution >= 0.6 is 0 Å². The molecule has 9 nitrogen and oxygen atoms in total. The molecule has 89 heavy (non-hydrogen) atoms. The number of allylic oxidation sites excluding steroid dienone is 26. The molecule has 0 amide bonds. The fourth-order valence-electron chi connectivity index (χ4n) is 9.40. The first-order valence-electron chi connectivity index (χ1n) is 35.6. The number of carboxylic acids is 1. The number of unbranched alkanes of at least 4 members (excludes halogenated alkanes) is 23. The lowest BCUT2D eigenvalue weighted by Crippen LogP contribution is -2.44. The van der Waals surface area contributed by atoms with Crippen LogP contribution in [0.2, 0.25) is 0 Å². The maximum atomic E-state index is 12.9. The van der Waals surface area contributed by atoms with E-state index in [1.165, 1.54) is 89.9 Å². The van der Waals surface area contributed by atoms with Crippen LogP contribution in [0.3, 0.4) is 0 Å². The van der Waals surface area contributed by atoms with Gasteiger partial charge in [-0.25, -0.2) is 0 Å². The Hall–Kier alpha value is -5.09. The quantitative estimate of drug-likeness (QED) is 0.0195. The largest absolute Gasteiger partial charge is 0.545 e. The molecule has 0 bridgehead atoms. The van der Waals surface area contributed by atoms with Crippen LogP contribution in [0.25, 0.3) is 0 Å². The van der Waals surface area contributed by atoms with Gasteiger partial charge >= 0.3 is 11.9 Å². The fraction of sp³-hybridized carbons (Fsp3) is 0.637. The second-order valence-electron chi connectivity index (χ2n) is 24.4. The van der Waals surface area contributed by atoms with Gasteiger partial charge in [-0.2, -0.15) is 0 Å². The Labute approximate surface area is 546 Å². The Morgan fingerprint density at radius 3 is 0.899 bits per heavy atom. The van der Waals surface area contributed by atoms with E-state index in [2.05, 4.69) is 172 Å². The summed E-state index contributed by atoms with van der Waals surface area (Å²) in [5.74, 6) is -2.31. The first-order chi connectivity index (χ1) is 43.6. The Kier molecular flexibility index (Phi) is 64.9. The highest BCUT2D eigenvalue weighted by atomic mass is 16.7. The van der Waals surface area contributed by atoms with Crippen LogP contribution < -0.4 is 5.11 Å². The fourth-order valence-corrected chi connectivity index (χ4v) is 9.40. The van der Waals surface area contributed by atoms with Crippen molar-refractivity contribution in [3.05, 3.63) is 158 Å². The standard InChI is InChI=1S/C80H131NO8/c1-6-8-10-12-14-16-18-20-22-24-26-28-30-32-33-34-35-36-37-38-39-40-41-42-43-44-45-47-49-51-53-55-57-59-61-63-65-67-69-71-78(83)89-76(75-88-80(79(84)85)86-73-72-81(3,4)5)74-87-77(82)70-68-66-64-62-60-58-56-54-52-50-48-46-31-29-27-25-23-21-19-17-15-13-11-9-7-2/h8-11,14-17,20-23,26-29,32-33,35-36,38-39,46,48,52,54,76,80H,6-7,12-13,18-19,24-25,30-31,34,37,40-45,47,49-51,53,55-75H2,1-5H3/b10-8-,11-9-,16-14-,17-15-,22-20-,23-21-,28-26-,29-27-,33-32-,36-35-,39-38-,48-46-,54-52-. The number of hydrogen-bond acceptors (Lipinski definition) is 8. The van der Waals surface area contributed by atoms with Crippen molar-refractivity contribution in [2.45, 2.75) is 283 Å². The molecule has 0 rings (SSSR count). The normalized spacial score (nSPS) is 13.7. The molecule has 0 N–H and O–H groups in total. The molecule has 0 saturated carbocycles. The molecule has 2 atom stereocenters. The summed E-state index contributed by atoms with van der Waals surface area (Å²) in [6.45, 7) is 4.50. The molecule has 0 spiro atoms. The summed E-state index contributed by atoms with van der Waals surface area (Å²) >= 11 is 0. The number of hydrogen-bond donors (Lipinski definition) is 0. The number of ether oxygens (including phenoxy) is 4. The maximum absolute atomic E-state index is 12.9. The van der Waals surface area contributed by atoms with Crippen LogP contribution in [0.4, 0.5) is 0 Å². The van der Waals surface area contributed by atoms with Gasteiger partial charge in [-0.05, 0) is 122 Å². The van der Waals surface area contributed by atoms with E-state index in [0.717, 1.165) is 141 Å². The highest BCUT2D eigenvalue weighted by Gasteiger charge is 2.22. The van der Waals surface area contributed by atoms with E-state index in [1.807, 2.05) is 21.1 Å². The van der Waals surface area contributed by atoms with Gasteiger partial charge in [-0.15, -0.1) is 0 Å². The predicted octanol–water partition coefficient (Wildman–Crippen LogP) is 21.1. The molecule has 0 aromatic carbocycles. The minimum Gasteiger partial charge on any atom is -0.545 e. The van der Waals surface area contributed by atoms with Gasteiger partial charge in [0.05, 0.1) is 40.3 Å². The predicted molar refractivity (Wildman–Crippen MR) is 379 cm³/mol. The summed E-state index contributed by atoms with van der Waals surface area (Å²) < 4.78 is 22.8. The zero-order chi connectivity index (χ0) is 64.7. The van der Waals surface area contributed by atoms with Gasteiger partial charge in [0, 0.05) is 12.8 Å². The Balaban J connectivity index is 4.13. The van der Waals surface area contributed by atoms with Crippen LogP contribution in [-0.4, -0.2) is 82.3 Å². The molecule has 0 aromatic rings. The van der Waals surface area contributed by atoms with E-state index >= 15 is 0 Å². The number of likely N-dealkylation sites (N-methyl/N-ethyl adjacent to an activating group) is 1. The number of carboxylic acid groups (broad SMARTS) is 1. The third kappa shape index (κ3) is 70.2. The summed E-state index contributed by atoms with van der Waals surface area (Å²) in [5.41, 5.74) is 0. The number of carbonyl (C=O) groups excluding carboxylic acids is 3. The molecule has 504 valence electrons. The Morgan fingerprint density at radius 2 is 0.607 bits per heavy atom. The van der Waals surface area contributed by atoms with Gasteiger partial charge in [0.25, 0.3) is 0 Å². The Bertz CT molecular complexity index is 2020. The summed E-state index contributed by atoms with van der Waals surface area (Å²) in [4.78, 5) is 37.5. The van der Waals surface area contributed by atoms with Gasteiger partial charge in [-0.1, -0.05) is 294 Å². The first-order valence-corrected chi connectivity index (χ1v) is 35.6.